The van der Waals surface area contributed by atoms with Gasteiger partial charge in [-0.25, -0.2) is 9.97 Å². The van der Waals surface area contributed by atoms with E-state index in [1.807, 2.05) is 0 Å². The van der Waals surface area contributed by atoms with E-state index in [9.17, 15) is 0 Å². The Hall–Kier alpha value is -6.01. The number of para-hydroxylation sites is 6. The molecule has 0 aliphatic carbocycles. The maximum atomic E-state index is 5.46. The summed E-state index contributed by atoms with van der Waals surface area (Å²) in [6.07, 6.45) is 0. The van der Waals surface area contributed by atoms with Gasteiger partial charge in [-0.05, 0) is 59.5 Å². The molecule has 0 bridgehead atoms. The van der Waals surface area contributed by atoms with Crippen LogP contribution >= 0.6 is 0 Å². The normalized spacial score (nSPS) is 13.0. The summed E-state index contributed by atoms with van der Waals surface area (Å²) in [6.45, 7) is -0.625. The topological polar surface area (TPSA) is 42.1 Å². The van der Waals surface area contributed by atoms with Crippen LogP contribution in [-0.4, -0.2) is 33.0 Å². The van der Waals surface area contributed by atoms with E-state index in [1.165, 1.54) is 0 Å². The second-order valence-corrected chi connectivity index (χ2v) is 11.5. The molecule has 1 aliphatic rings. The van der Waals surface area contributed by atoms with Crippen molar-refractivity contribution in [3.8, 4) is 0 Å². The third-order valence-electron chi connectivity index (χ3n) is 8.82. The molecule has 0 atom stereocenters. The molecular formula is C38H28B2N6. The third-order valence-corrected chi connectivity index (χ3v) is 8.82. The first-order valence-electron chi connectivity index (χ1n) is 15.6. The van der Waals surface area contributed by atoms with Gasteiger partial charge in [-0.15, -0.1) is 0 Å². The summed E-state index contributed by atoms with van der Waals surface area (Å²) in [5.74, 6) is 0.842. The summed E-state index contributed by atoms with van der Waals surface area (Å²) >= 11 is 0. The molecule has 8 heteroatoms. The molecule has 0 radical (unpaired) electrons. The molecule has 8 aromatic rings. The number of hydrogen-bond donors (Lipinski definition) is 0. The quantitative estimate of drug-likeness (QED) is 0.241. The average molecular weight is 590 g/mol. The minimum Gasteiger partial charge on any atom is -0.345 e. The van der Waals surface area contributed by atoms with Crippen LogP contribution < -0.4 is 26.4 Å². The Morgan fingerprint density at radius 2 is 0.935 bits per heavy atom. The van der Waals surface area contributed by atoms with Crippen LogP contribution in [0, 0.1) is 0 Å². The number of rotatable bonds is 4. The van der Waals surface area contributed by atoms with Gasteiger partial charge in [-0.1, -0.05) is 121 Å². The van der Waals surface area contributed by atoms with E-state index in [4.69, 9.17) is 9.97 Å². The van der Waals surface area contributed by atoms with Gasteiger partial charge in [0.05, 0.1) is 22.1 Å². The third kappa shape index (κ3) is 4.14. The fraction of sp³-hybridized carbons (Fsp3) is 0. The Bertz CT molecular complexity index is 2120. The molecule has 9 rings (SSSR count). The monoisotopic (exact) mass is 590 g/mol. The SMILES string of the molecule is c1ccc(B2c3nc4ccccc4n3N(c3ccccc3)B(c3ccccc3)n3c(nc4ccccc43)N2c2ccccc2)cc1. The lowest BCUT2D eigenvalue weighted by atomic mass is 9.52. The molecule has 0 amide bonds. The predicted octanol–water partition coefficient (Wildman–Crippen LogP) is 5.86. The zero-order valence-electron chi connectivity index (χ0n) is 25.0. The summed E-state index contributed by atoms with van der Waals surface area (Å²) in [7, 11) is 0. The number of benzene rings is 6. The Kier molecular flexibility index (Phi) is 6.23. The molecule has 216 valence electrons. The fourth-order valence-corrected chi connectivity index (χ4v) is 6.87. The van der Waals surface area contributed by atoms with Crippen LogP contribution in [0.2, 0.25) is 0 Å². The van der Waals surface area contributed by atoms with E-state index in [0.29, 0.717) is 0 Å². The second kappa shape index (κ2) is 10.9. The van der Waals surface area contributed by atoms with Crippen molar-refractivity contribution in [2.24, 2.45) is 0 Å². The number of anilines is 3. The van der Waals surface area contributed by atoms with Gasteiger partial charge < -0.3 is 9.29 Å². The lowest BCUT2D eigenvalue weighted by Gasteiger charge is -2.41. The standard InChI is InChI=1S/C38H28B2N6/c1-5-17-29(18-6-1)39-37-41-34-26-14-16-28-36(34)45(37)46(32-23-11-4-12-24-32)40(30-19-7-2-8-20-30)44-35-27-15-13-25-33(35)42-38(44)43(39)31-21-9-3-10-22-31/h1-28H. The zero-order valence-corrected chi connectivity index (χ0v) is 25.0. The number of imidazole rings is 2. The fourth-order valence-electron chi connectivity index (χ4n) is 6.87. The number of hydrogen-bond acceptors (Lipinski definition) is 4. The van der Waals surface area contributed by atoms with E-state index in [1.54, 1.807) is 0 Å². The van der Waals surface area contributed by atoms with E-state index in [0.717, 1.165) is 56.0 Å². The molecule has 0 saturated heterocycles. The summed E-state index contributed by atoms with van der Waals surface area (Å²) in [6, 6.07) is 59.5. The van der Waals surface area contributed by atoms with Crippen LogP contribution in [0.3, 0.4) is 0 Å². The highest BCUT2D eigenvalue weighted by Gasteiger charge is 2.45. The first kappa shape index (κ1) is 26.4. The van der Waals surface area contributed by atoms with Crippen molar-refractivity contribution in [3.63, 3.8) is 0 Å². The summed E-state index contributed by atoms with van der Waals surface area (Å²) < 4.78 is 4.74. The van der Waals surface area contributed by atoms with Gasteiger partial charge in [0.25, 0.3) is 0 Å². The highest BCUT2D eigenvalue weighted by Crippen LogP contribution is 2.34. The minimum atomic E-state index is -0.315. The maximum absolute atomic E-state index is 5.46. The predicted molar refractivity (Wildman–Crippen MR) is 191 cm³/mol. The van der Waals surface area contributed by atoms with Gasteiger partial charge >= 0.3 is 13.8 Å². The van der Waals surface area contributed by atoms with Crippen molar-refractivity contribution in [1.29, 1.82) is 0 Å². The van der Waals surface area contributed by atoms with Crippen LogP contribution in [0.25, 0.3) is 22.1 Å². The molecule has 1 aliphatic heterocycles. The van der Waals surface area contributed by atoms with Gasteiger partial charge in [0, 0.05) is 11.4 Å². The van der Waals surface area contributed by atoms with E-state index >= 15 is 0 Å². The van der Waals surface area contributed by atoms with Crippen molar-refractivity contribution < 1.29 is 0 Å². The van der Waals surface area contributed by atoms with Crippen LogP contribution in [0.4, 0.5) is 17.3 Å². The molecule has 6 nitrogen and oxygen atoms in total. The van der Waals surface area contributed by atoms with Crippen molar-refractivity contribution in [2.75, 3.05) is 9.73 Å². The molecule has 3 heterocycles. The Balaban J connectivity index is 1.50. The summed E-state index contributed by atoms with van der Waals surface area (Å²) in [5.41, 5.74) is 9.18. The molecule has 0 saturated carbocycles. The van der Waals surface area contributed by atoms with Gasteiger partial charge in [-0.3, -0.25) is 9.60 Å². The molecule has 0 spiro atoms. The van der Waals surface area contributed by atoms with Crippen LogP contribution in [0.5, 0.6) is 0 Å². The lowest BCUT2D eigenvalue weighted by molar-refractivity contribution is 0.882. The molecule has 0 fully saturated rings. The molecule has 6 aromatic carbocycles. The number of aromatic nitrogens is 4. The van der Waals surface area contributed by atoms with Gasteiger partial charge in [-0.2, -0.15) is 0 Å². The largest absolute Gasteiger partial charge is 0.438 e. The second-order valence-electron chi connectivity index (χ2n) is 11.5. The van der Waals surface area contributed by atoms with E-state index < -0.39 is 0 Å². The number of nitrogens with zero attached hydrogens (tertiary/aromatic N) is 6. The molecule has 46 heavy (non-hydrogen) atoms. The Morgan fingerprint density at radius 3 is 1.59 bits per heavy atom. The van der Waals surface area contributed by atoms with Crippen LogP contribution in [0.15, 0.2) is 170 Å². The zero-order chi connectivity index (χ0) is 30.5. The smallest absolute Gasteiger partial charge is 0.345 e. The average Bonchev–Trinajstić information content (AvgIpc) is 3.68. The molecule has 2 aromatic heterocycles. The molecular weight excluding hydrogens is 562 g/mol. The van der Waals surface area contributed by atoms with Gasteiger partial charge in [0.15, 0.2) is 5.95 Å². The lowest BCUT2D eigenvalue weighted by Crippen LogP contribution is -2.67. The molecule has 0 N–H and O–H groups in total. The van der Waals surface area contributed by atoms with Crippen molar-refractivity contribution in [2.45, 2.75) is 0 Å². The van der Waals surface area contributed by atoms with Crippen LogP contribution in [-0.2, 0) is 0 Å². The first-order chi connectivity index (χ1) is 22.9. The van der Waals surface area contributed by atoms with Crippen LogP contribution in [0.1, 0.15) is 0 Å². The van der Waals surface area contributed by atoms with Crippen molar-refractivity contribution in [1.82, 2.24) is 19.1 Å². The summed E-state index contributed by atoms with van der Waals surface area (Å²) in [4.78, 5) is 15.7. The van der Waals surface area contributed by atoms with Gasteiger partial charge in [0.1, 0.15) is 5.72 Å². The minimum absolute atomic E-state index is 0.311. The molecule has 0 unspecified atom stereocenters. The van der Waals surface area contributed by atoms with Crippen molar-refractivity contribution in [3.05, 3.63) is 170 Å². The Labute approximate surface area is 268 Å². The Morgan fingerprint density at radius 1 is 0.435 bits per heavy atom. The van der Waals surface area contributed by atoms with Crippen molar-refractivity contribution >= 4 is 69.9 Å². The summed E-state index contributed by atoms with van der Waals surface area (Å²) in [5, 5.41) is 0. The van der Waals surface area contributed by atoms with Gasteiger partial charge in [0.2, 0.25) is 0 Å². The van der Waals surface area contributed by atoms with E-state index in [2.05, 4.69) is 189 Å². The number of fused-ring (bicyclic) bond motifs is 6. The highest BCUT2D eigenvalue weighted by molar-refractivity contribution is 6.89. The maximum Gasteiger partial charge on any atom is 0.438 e. The highest BCUT2D eigenvalue weighted by atomic mass is 15.6. The van der Waals surface area contributed by atoms with E-state index in [-0.39, 0.29) is 13.8 Å². The first-order valence-corrected chi connectivity index (χ1v) is 15.6.